The number of urea groups is 1. The number of hydrogen-bond acceptors (Lipinski definition) is 3. The second-order valence-electron chi connectivity index (χ2n) is 8.03. The van der Waals surface area contributed by atoms with Gasteiger partial charge in [0.15, 0.2) is 0 Å². The maximum absolute atomic E-state index is 13.5. The quantitative estimate of drug-likeness (QED) is 0.432. The van der Waals surface area contributed by atoms with Crippen molar-refractivity contribution in [3.8, 4) is 0 Å². The smallest absolute Gasteiger partial charge is 0.314 e. The Morgan fingerprint density at radius 2 is 1.60 bits per heavy atom. The number of carbonyl (C=O) groups is 2. The van der Waals surface area contributed by atoms with Gasteiger partial charge in [0.1, 0.15) is 5.78 Å². The number of benzene rings is 2. The van der Waals surface area contributed by atoms with Crippen molar-refractivity contribution >= 4 is 23.6 Å². The molecule has 2 saturated heterocycles. The lowest BCUT2D eigenvalue weighted by molar-refractivity contribution is -0.117. The molecule has 156 valence electrons. The highest BCUT2D eigenvalue weighted by Gasteiger charge is 2.50. The molecular weight excluding hydrogens is 392 g/mol. The Labute approximate surface area is 182 Å². The lowest BCUT2D eigenvalue weighted by atomic mass is 10.1. The number of Topliss-reactive ketones (excluding diaryl/α,β-unsaturated/α-hetero) is 1. The van der Waals surface area contributed by atoms with E-state index in [9.17, 15) is 9.59 Å². The molecule has 4 nitrogen and oxygen atoms in total. The van der Waals surface area contributed by atoms with Crippen LogP contribution in [0.2, 0.25) is 0 Å². The van der Waals surface area contributed by atoms with Crippen LogP contribution in [0.5, 0.6) is 0 Å². The van der Waals surface area contributed by atoms with Crippen LogP contribution in [-0.4, -0.2) is 39.5 Å². The van der Waals surface area contributed by atoms with Crippen LogP contribution in [0.25, 0.3) is 0 Å². The molecule has 0 unspecified atom stereocenters. The van der Waals surface area contributed by atoms with Crippen molar-refractivity contribution in [2.24, 2.45) is 0 Å². The monoisotopic (exact) mass is 420 g/mol. The van der Waals surface area contributed by atoms with Crippen LogP contribution >= 0.6 is 11.8 Å². The van der Waals surface area contributed by atoms with Crippen LogP contribution in [0.3, 0.4) is 0 Å². The summed E-state index contributed by atoms with van der Waals surface area (Å²) in [5, 5.41) is 0. The molecule has 0 spiro atoms. The van der Waals surface area contributed by atoms with Crippen LogP contribution in [0.1, 0.15) is 37.3 Å². The molecule has 0 N–H and O–H groups in total. The molecule has 0 bridgehead atoms. The molecular formula is C25H28N2O2S. The molecule has 0 radical (unpaired) electrons. The number of fused-ring (bicyclic) bond motifs is 1. The SMILES string of the molecule is CC(=O)CCC/C=C1/SC[C@@H]2[C@H]1N(Cc1ccccc1)C(=O)N2Cc1ccccc1. The fourth-order valence-electron chi connectivity index (χ4n) is 4.28. The maximum atomic E-state index is 13.5. The van der Waals surface area contributed by atoms with E-state index in [4.69, 9.17) is 0 Å². The number of hydrogen-bond donors (Lipinski definition) is 0. The van der Waals surface area contributed by atoms with E-state index in [1.807, 2.05) is 58.0 Å². The molecule has 0 aromatic heterocycles. The summed E-state index contributed by atoms with van der Waals surface area (Å²) in [6.07, 6.45) is 4.64. The molecule has 30 heavy (non-hydrogen) atoms. The van der Waals surface area contributed by atoms with Gasteiger partial charge in [0, 0.05) is 30.2 Å². The third-order valence-electron chi connectivity index (χ3n) is 5.77. The lowest BCUT2D eigenvalue weighted by Gasteiger charge is -2.23. The van der Waals surface area contributed by atoms with Crippen LogP contribution in [-0.2, 0) is 17.9 Å². The zero-order valence-corrected chi connectivity index (χ0v) is 18.2. The van der Waals surface area contributed by atoms with Gasteiger partial charge in [0.25, 0.3) is 0 Å². The first-order valence-corrected chi connectivity index (χ1v) is 11.6. The average molecular weight is 421 g/mol. The first-order chi connectivity index (χ1) is 14.6. The highest BCUT2D eigenvalue weighted by molar-refractivity contribution is 8.03. The number of thioether (sulfide) groups is 1. The van der Waals surface area contributed by atoms with Crippen LogP contribution in [0, 0.1) is 0 Å². The number of carbonyl (C=O) groups excluding carboxylic acids is 2. The average Bonchev–Trinajstić information content (AvgIpc) is 3.27. The number of rotatable bonds is 8. The van der Waals surface area contributed by atoms with Gasteiger partial charge in [0.05, 0.1) is 12.1 Å². The van der Waals surface area contributed by atoms with Gasteiger partial charge < -0.3 is 14.6 Å². The van der Waals surface area contributed by atoms with Crippen molar-refractivity contribution in [2.75, 3.05) is 5.75 Å². The van der Waals surface area contributed by atoms with Gasteiger partial charge in [-0.05, 0) is 30.9 Å². The van der Waals surface area contributed by atoms with Gasteiger partial charge in [-0.25, -0.2) is 4.79 Å². The first kappa shape index (κ1) is 20.7. The Hall–Kier alpha value is -2.53. The Morgan fingerprint density at radius 3 is 2.20 bits per heavy atom. The summed E-state index contributed by atoms with van der Waals surface area (Å²) in [5.74, 6) is 1.16. The minimum atomic E-state index is 0.101. The highest BCUT2D eigenvalue weighted by atomic mass is 32.2. The summed E-state index contributed by atoms with van der Waals surface area (Å²) in [4.78, 5) is 30.1. The highest BCUT2D eigenvalue weighted by Crippen LogP contribution is 2.43. The summed E-state index contributed by atoms with van der Waals surface area (Å²) in [6.45, 7) is 2.91. The zero-order chi connectivity index (χ0) is 20.9. The number of unbranched alkanes of at least 4 members (excludes halogenated alkanes) is 1. The third-order valence-corrected chi connectivity index (χ3v) is 7.02. The van der Waals surface area contributed by atoms with Crippen molar-refractivity contribution in [3.05, 3.63) is 82.8 Å². The van der Waals surface area contributed by atoms with E-state index < -0.39 is 0 Å². The van der Waals surface area contributed by atoms with E-state index in [1.54, 1.807) is 6.92 Å². The second-order valence-corrected chi connectivity index (χ2v) is 9.13. The molecule has 2 aliphatic heterocycles. The summed E-state index contributed by atoms with van der Waals surface area (Å²) in [7, 11) is 0. The fraction of sp³-hybridized carbons (Fsp3) is 0.360. The summed E-state index contributed by atoms with van der Waals surface area (Å²) < 4.78 is 0. The van der Waals surface area contributed by atoms with E-state index in [0.29, 0.717) is 19.5 Å². The predicted octanol–water partition coefficient (Wildman–Crippen LogP) is 5.25. The molecule has 2 aromatic carbocycles. The van der Waals surface area contributed by atoms with Gasteiger partial charge in [0.2, 0.25) is 0 Å². The van der Waals surface area contributed by atoms with E-state index in [1.165, 1.54) is 4.91 Å². The number of nitrogens with zero attached hydrogens (tertiary/aromatic N) is 2. The van der Waals surface area contributed by atoms with Gasteiger partial charge in [-0.3, -0.25) is 0 Å². The molecule has 2 heterocycles. The summed E-state index contributed by atoms with van der Waals surface area (Å²) in [6, 6.07) is 20.9. The molecule has 4 rings (SSSR count). The van der Waals surface area contributed by atoms with Gasteiger partial charge in [-0.15, -0.1) is 11.8 Å². The van der Waals surface area contributed by atoms with Gasteiger partial charge in [-0.2, -0.15) is 0 Å². The Morgan fingerprint density at radius 1 is 1.00 bits per heavy atom. The topological polar surface area (TPSA) is 40.6 Å². The van der Waals surface area contributed by atoms with Crippen molar-refractivity contribution in [1.29, 1.82) is 0 Å². The van der Waals surface area contributed by atoms with Crippen molar-refractivity contribution in [2.45, 2.75) is 51.4 Å². The van der Waals surface area contributed by atoms with Gasteiger partial charge in [-0.1, -0.05) is 66.7 Å². The molecule has 5 heteroatoms. The van der Waals surface area contributed by atoms with Crippen molar-refractivity contribution in [1.82, 2.24) is 9.80 Å². The minimum absolute atomic E-state index is 0.101. The second kappa shape index (κ2) is 9.52. The molecule has 2 fully saturated rings. The molecule has 2 aliphatic rings. The standard InChI is InChI=1S/C25H28N2O2S/c1-19(28)10-8-9-15-23-24-22(18-30-23)26(16-20-11-4-2-5-12-20)25(29)27(24)17-21-13-6-3-7-14-21/h2-7,11-15,22,24H,8-10,16-18H2,1H3/b23-15+/t22-,24-/m1/s1. The van der Waals surface area contributed by atoms with E-state index >= 15 is 0 Å². The summed E-state index contributed by atoms with van der Waals surface area (Å²) >= 11 is 1.86. The zero-order valence-electron chi connectivity index (χ0n) is 17.4. The predicted molar refractivity (Wildman–Crippen MR) is 122 cm³/mol. The van der Waals surface area contributed by atoms with Crippen molar-refractivity contribution < 1.29 is 9.59 Å². The molecule has 2 atom stereocenters. The molecule has 2 amide bonds. The largest absolute Gasteiger partial charge is 0.321 e. The third kappa shape index (κ3) is 4.62. The first-order valence-electron chi connectivity index (χ1n) is 10.6. The number of ketones is 1. The molecule has 2 aromatic rings. The van der Waals surface area contributed by atoms with Crippen LogP contribution < -0.4 is 0 Å². The van der Waals surface area contributed by atoms with Crippen molar-refractivity contribution in [3.63, 3.8) is 0 Å². The van der Waals surface area contributed by atoms with E-state index in [2.05, 4.69) is 30.3 Å². The van der Waals surface area contributed by atoms with E-state index in [-0.39, 0.29) is 23.9 Å². The number of amides is 2. The van der Waals surface area contributed by atoms with Gasteiger partial charge >= 0.3 is 6.03 Å². The lowest BCUT2D eigenvalue weighted by Crippen LogP contribution is -2.35. The maximum Gasteiger partial charge on any atom is 0.321 e. The minimum Gasteiger partial charge on any atom is -0.314 e. The Kier molecular flexibility index (Phi) is 6.58. The Balaban J connectivity index is 1.56. The molecule has 0 saturated carbocycles. The van der Waals surface area contributed by atoms with Crippen LogP contribution in [0.15, 0.2) is 71.6 Å². The normalized spacial score (nSPS) is 22.0. The Bertz CT molecular complexity index is 913. The fourth-order valence-corrected chi connectivity index (χ4v) is 5.70. The van der Waals surface area contributed by atoms with Crippen LogP contribution in [0.4, 0.5) is 4.79 Å². The number of allylic oxidation sites excluding steroid dienone is 1. The van der Waals surface area contributed by atoms with E-state index in [0.717, 1.165) is 29.7 Å². The molecule has 0 aliphatic carbocycles. The summed E-state index contributed by atoms with van der Waals surface area (Å²) in [5.41, 5.74) is 2.31.